The normalized spacial score (nSPS) is 27.4. The van der Waals surface area contributed by atoms with Crippen molar-refractivity contribution in [1.82, 2.24) is 9.71 Å². The van der Waals surface area contributed by atoms with Crippen molar-refractivity contribution >= 4 is 27.3 Å². The highest BCUT2D eigenvalue weighted by Gasteiger charge is 2.38. The molecule has 1 fully saturated rings. The molecule has 0 spiro atoms. The summed E-state index contributed by atoms with van der Waals surface area (Å²) in [6.07, 6.45) is 1.77. The van der Waals surface area contributed by atoms with Crippen molar-refractivity contribution in [3.05, 3.63) is 11.7 Å². The Bertz CT molecular complexity index is 565. The monoisotopic (exact) mass is 322 g/mol. The highest BCUT2D eigenvalue weighted by Crippen LogP contribution is 2.35. The van der Waals surface area contributed by atoms with E-state index in [0.29, 0.717) is 0 Å². The Hall–Kier alpha value is -1.06. The maximum atomic E-state index is 14.4. The van der Waals surface area contributed by atoms with E-state index in [-0.39, 0.29) is 36.4 Å². The van der Waals surface area contributed by atoms with Crippen LogP contribution in [-0.2, 0) is 14.8 Å². The van der Waals surface area contributed by atoms with Crippen LogP contribution in [0.3, 0.4) is 0 Å². The minimum absolute atomic E-state index is 0.0420. The summed E-state index contributed by atoms with van der Waals surface area (Å²) in [5.74, 6) is -1.45. The summed E-state index contributed by atoms with van der Waals surface area (Å²) in [5.41, 5.74) is -0.290. The van der Waals surface area contributed by atoms with Gasteiger partial charge in [0.2, 0.25) is 0 Å². The molecule has 0 atom stereocenters. The van der Waals surface area contributed by atoms with Gasteiger partial charge < -0.3 is 5.11 Å². The molecule has 2 rings (SSSR count). The van der Waals surface area contributed by atoms with E-state index < -0.39 is 27.6 Å². The van der Waals surface area contributed by atoms with Crippen LogP contribution in [0.2, 0.25) is 0 Å². The number of carbonyl (C=O) groups is 1. The number of carboxylic acid groups (broad SMARTS) is 1. The highest BCUT2D eigenvalue weighted by atomic mass is 32.2. The molecule has 0 saturated heterocycles. The van der Waals surface area contributed by atoms with Gasteiger partial charge in [-0.2, -0.15) is 0 Å². The molecule has 0 radical (unpaired) electrons. The number of aromatic nitrogens is 1. The lowest BCUT2D eigenvalue weighted by Crippen LogP contribution is -2.42. The molecule has 0 aromatic carbocycles. The summed E-state index contributed by atoms with van der Waals surface area (Å²) >= 11 is 0.958. The van der Waals surface area contributed by atoms with Gasteiger partial charge in [-0.05, 0) is 25.7 Å². The van der Waals surface area contributed by atoms with Crippen LogP contribution in [0.4, 0.5) is 4.39 Å². The second-order valence-corrected chi connectivity index (χ2v) is 7.79. The minimum Gasteiger partial charge on any atom is -0.481 e. The van der Waals surface area contributed by atoms with Gasteiger partial charge >= 0.3 is 5.97 Å². The Balaban J connectivity index is 1.93. The Morgan fingerprint density at radius 3 is 2.70 bits per heavy atom. The lowest BCUT2D eigenvalue weighted by molar-refractivity contribution is -0.143. The second-order valence-electron chi connectivity index (χ2n) is 4.91. The molecule has 0 unspecified atom stereocenters. The molecule has 112 valence electrons. The first-order valence-electron chi connectivity index (χ1n) is 6.12. The molecule has 1 aliphatic carbocycles. The van der Waals surface area contributed by atoms with Crippen LogP contribution in [0.5, 0.6) is 0 Å². The summed E-state index contributed by atoms with van der Waals surface area (Å²) < 4.78 is 40.4. The first-order valence-corrected chi connectivity index (χ1v) is 8.49. The standard InChI is InChI=1S/C11H15FN2O4S2/c12-11(3-1-8(2-4-11)10(15)16)6-14-20(17,18)9-5-13-7-19-9/h5,7-8,14H,1-4,6H2,(H,15,16). The van der Waals surface area contributed by atoms with Crippen LogP contribution < -0.4 is 4.72 Å². The third-order valence-corrected chi connectivity index (χ3v) is 6.16. The predicted octanol–water partition coefficient (Wildman–Crippen LogP) is 1.40. The first kappa shape index (κ1) is 15.3. The average molecular weight is 322 g/mol. The van der Waals surface area contributed by atoms with E-state index in [0.717, 1.165) is 11.3 Å². The van der Waals surface area contributed by atoms with Crippen LogP contribution >= 0.6 is 11.3 Å². The number of nitrogens with zero attached hydrogens (tertiary/aromatic N) is 1. The van der Waals surface area contributed by atoms with Crippen molar-refractivity contribution in [2.24, 2.45) is 5.92 Å². The van der Waals surface area contributed by atoms with E-state index in [9.17, 15) is 17.6 Å². The van der Waals surface area contributed by atoms with Gasteiger partial charge in [-0.1, -0.05) is 0 Å². The molecular weight excluding hydrogens is 307 g/mol. The number of thiazole rings is 1. The maximum Gasteiger partial charge on any atom is 0.306 e. The molecule has 9 heteroatoms. The molecule has 1 aliphatic rings. The number of hydrogen-bond acceptors (Lipinski definition) is 5. The van der Waals surface area contributed by atoms with Gasteiger partial charge in [0.25, 0.3) is 10.0 Å². The third-order valence-electron chi connectivity index (χ3n) is 3.48. The van der Waals surface area contributed by atoms with Crippen molar-refractivity contribution in [2.75, 3.05) is 6.54 Å². The highest BCUT2D eigenvalue weighted by molar-refractivity contribution is 7.91. The molecule has 0 bridgehead atoms. The summed E-state index contributed by atoms with van der Waals surface area (Å²) in [4.78, 5) is 14.5. The number of rotatable bonds is 5. The fourth-order valence-electron chi connectivity index (χ4n) is 2.19. The zero-order chi connectivity index (χ0) is 14.8. The zero-order valence-corrected chi connectivity index (χ0v) is 12.2. The lowest BCUT2D eigenvalue weighted by atomic mass is 9.80. The molecule has 0 aliphatic heterocycles. The number of nitrogens with one attached hydrogen (secondary N) is 1. The van der Waals surface area contributed by atoms with Gasteiger partial charge in [0.05, 0.1) is 17.6 Å². The van der Waals surface area contributed by atoms with Gasteiger partial charge in [-0.3, -0.25) is 9.78 Å². The largest absolute Gasteiger partial charge is 0.481 e. The zero-order valence-electron chi connectivity index (χ0n) is 10.6. The fourth-order valence-corrected chi connectivity index (χ4v) is 4.14. The number of hydrogen-bond donors (Lipinski definition) is 2. The SMILES string of the molecule is O=C(O)C1CCC(F)(CNS(=O)(=O)c2cncs2)CC1. The molecular formula is C11H15FN2O4S2. The van der Waals surface area contributed by atoms with E-state index in [4.69, 9.17) is 5.11 Å². The summed E-state index contributed by atoms with van der Waals surface area (Å²) in [6.45, 7) is -0.334. The van der Waals surface area contributed by atoms with E-state index in [1.54, 1.807) is 0 Å². The van der Waals surface area contributed by atoms with Crippen molar-refractivity contribution in [3.63, 3.8) is 0 Å². The Morgan fingerprint density at radius 1 is 1.55 bits per heavy atom. The van der Waals surface area contributed by atoms with E-state index in [2.05, 4.69) is 9.71 Å². The molecule has 1 aromatic heterocycles. The van der Waals surface area contributed by atoms with Gasteiger partial charge in [0.1, 0.15) is 5.67 Å². The fraction of sp³-hybridized carbons (Fsp3) is 0.636. The average Bonchev–Trinajstić information content (AvgIpc) is 2.92. The van der Waals surface area contributed by atoms with Gasteiger partial charge in [0.15, 0.2) is 4.21 Å². The molecule has 6 nitrogen and oxygen atoms in total. The molecule has 20 heavy (non-hydrogen) atoms. The lowest BCUT2D eigenvalue weighted by Gasteiger charge is -2.32. The summed E-state index contributed by atoms with van der Waals surface area (Å²) in [6, 6.07) is 0. The van der Waals surface area contributed by atoms with Crippen molar-refractivity contribution in [1.29, 1.82) is 0 Å². The number of carboxylic acids is 1. The first-order chi connectivity index (χ1) is 9.32. The number of aliphatic carboxylic acids is 1. The van der Waals surface area contributed by atoms with Crippen LogP contribution in [0.1, 0.15) is 25.7 Å². The Kier molecular flexibility index (Phi) is 4.40. The van der Waals surface area contributed by atoms with Crippen LogP contribution in [0, 0.1) is 5.92 Å². The molecule has 1 heterocycles. The predicted molar refractivity (Wildman–Crippen MR) is 70.7 cm³/mol. The molecule has 2 N–H and O–H groups in total. The molecule has 0 amide bonds. The smallest absolute Gasteiger partial charge is 0.306 e. The van der Waals surface area contributed by atoms with Gasteiger partial charge in [-0.15, -0.1) is 11.3 Å². The number of halogens is 1. The number of alkyl halides is 1. The topological polar surface area (TPSA) is 96.4 Å². The molecule has 1 saturated carbocycles. The minimum atomic E-state index is -3.73. The van der Waals surface area contributed by atoms with E-state index >= 15 is 0 Å². The van der Waals surface area contributed by atoms with Gasteiger partial charge in [-0.25, -0.2) is 17.5 Å². The van der Waals surface area contributed by atoms with Gasteiger partial charge in [0, 0.05) is 6.54 Å². The Morgan fingerprint density at radius 2 is 2.20 bits per heavy atom. The van der Waals surface area contributed by atoms with Crippen LogP contribution in [0.25, 0.3) is 0 Å². The van der Waals surface area contributed by atoms with E-state index in [1.807, 2.05) is 0 Å². The second kappa shape index (κ2) is 5.74. The van der Waals surface area contributed by atoms with Crippen molar-refractivity contribution in [2.45, 2.75) is 35.6 Å². The molecule has 1 aromatic rings. The summed E-state index contributed by atoms with van der Waals surface area (Å²) in [5, 5.41) is 8.85. The quantitative estimate of drug-likeness (QED) is 0.854. The van der Waals surface area contributed by atoms with Crippen molar-refractivity contribution < 1.29 is 22.7 Å². The van der Waals surface area contributed by atoms with Crippen molar-refractivity contribution in [3.8, 4) is 0 Å². The Labute approximate surface area is 120 Å². The van der Waals surface area contributed by atoms with Crippen LogP contribution in [0.15, 0.2) is 15.9 Å². The van der Waals surface area contributed by atoms with E-state index in [1.165, 1.54) is 11.7 Å². The summed E-state index contributed by atoms with van der Waals surface area (Å²) in [7, 11) is -3.73. The number of sulfonamides is 1. The van der Waals surface area contributed by atoms with Crippen LogP contribution in [-0.4, -0.2) is 36.7 Å². The third kappa shape index (κ3) is 3.53. The maximum absolute atomic E-state index is 14.4.